The second-order valence-electron chi connectivity index (χ2n) is 7.11. The molecule has 1 aromatic carbocycles. The van der Waals surface area contributed by atoms with Gasteiger partial charge in [-0.3, -0.25) is 9.89 Å². The predicted molar refractivity (Wildman–Crippen MR) is 105 cm³/mol. The predicted octanol–water partition coefficient (Wildman–Crippen LogP) is 2.73. The molecule has 0 spiro atoms. The number of benzene rings is 1. The summed E-state index contributed by atoms with van der Waals surface area (Å²) in [6, 6.07) is 6.03. The lowest BCUT2D eigenvalue weighted by Crippen LogP contribution is -2.40. The normalized spacial score (nSPS) is 16.8. The molecule has 3 aromatic rings. The molecule has 2 aliphatic rings. The number of aliphatic hydroxyl groups is 1. The molecule has 8 heteroatoms. The first-order valence-corrected chi connectivity index (χ1v) is 10.2. The van der Waals surface area contributed by atoms with E-state index in [0.717, 1.165) is 39.4 Å². The number of piperidine rings is 1. The number of nitrogens with one attached hydrogen (secondary N) is 1. The van der Waals surface area contributed by atoms with Gasteiger partial charge in [0.05, 0.1) is 24.6 Å². The zero-order valence-electron chi connectivity index (χ0n) is 15.2. The van der Waals surface area contributed by atoms with Crippen LogP contribution in [0.15, 0.2) is 30.6 Å². The van der Waals surface area contributed by atoms with Crippen LogP contribution in [0.25, 0.3) is 22.4 Å². The molecule has 0 saturated carbocycles. The molecule has 5 rings (SSSR count). The number of ether oxygens (including phenoxy) is 1. The van der Waals surface area contributed by atoms with E-state index in [2.05, 4.69) is 10.2 Å². The van der Waals surface area contributed by atoms with Crippen LogP contribution in [0.2, 0.25) is 0 Å². The molecule has 28 heavy (non-hydrogen) atoms. The Hall–Kier alpha value is -2.71. The summed E-state index contributed by atoms with van der Waals surface area (Å²) in [5.41, 5.74) is 3.78. The van der Waals surface area contributed by atoms with Crippen LogP contribution in [0.1, 0.15) is 27.5 Å². The highest BCUT2D eigenvalue weighted by Crippen LogP contribution is 2.39. The van der Waals surface area contributed by atoms with Gasteiger partial charge in [0.2, 0.25) is 0 Å². The van der Waals surface area contributed by atoms with Crippen molar-refractivity contribution in [1.82, 2.24) is 20.1 Å². The highest BCUT2D eigenvalue weighted by atomic mass is 32.1. The Kier molecular flexibility index (Phi) is 4.37. The number of carbonyl (C=O) groups excluding carboxylic acids is 1. The molecular weight excluding hydrogens is 376 g/mol. The molecule has 1 amide bonds. The summed E-state index contributed by atoms with van der Waals surface area (Å²) in [7, 11) is 0. The van der Waals surface area contributed by atoms with Gasteiger partial charge in [-0.25, -0.2) is 4.98 Å². The van der Waals surface area contributed by atoms with Gasteiger partial charge in [0, 0.05) is 41.7 Å². The van der Waals surface area contributed by atoms with E-state index < -0.39 is 0 Å². The fourth-order valence-electron chi connectivity index (χ4n) is 3.71. The van der Waals surface area contributed by atoms with Gasteiger partial charge in [-0.1, -0.05) is 6.07 Å². The van der Waals surface area contributed by atoms with Crippen molar-refractivity contribution in [3.8, 4) is 28.1 Å². The average molecular weight is 396 g/mol. The molecule has 0 atom stereocenters. The fourth-order valence-corrected chi connectivity index (χ4v) is 4.73. The van der Waals surface area contributed by atoms with Gasteiger partial charge in [0.25, 0.3) is 5.91 Å². The molecule has 7 nitrogen and oxygen atoms in total. The van der Waals surface area contributed by atoms with Crippen LogP contribution in [-0.2, 0) is 6.42 Å². The third-order valence-corrected chi connectivity index (χ3v) is 6.39. The molecule has 0 bridgehead atoms. The maximum atomic E-state index is 12.9. The highest BCUT2D eigenvalue weighted by Gasteiger charge is 2.28. The number of carbonyl (C=O) groups is 1. The van der Waals surface area contributed by atoms with Crippen LogP contribution in [0.4, 0.5) is 0 Å². The van der Waals surface area contributed by atoms with Gasteiger partial charge in [-0.2, -0.15) is 5.10 Å². The maximum absolute atomic E-state index is 12.9. The van der Waals surface area contributed by atoms with E-state index in [4.69, 9.17) is 9.72 Å². The molecule has 4 heterocycles. The van der Waals surface area contributed by atoms with Gasteiger partial charge >= 0.3 is 0 Å². The number of amides is 1. The van der Waals surface area contributed by atoms with E-state index in [1.165, 1.54) is 11.3 Å². The smallest absolute Gasteiger partial charge is 0.282 e. The number of hydrogen-bond donors (Lipinski definition) is 2. The Labute approximate surface area is 166 Å². The van der Waals surface area contributed by atoms with Crippen molar-refractivity contribution >= 4 is 17.2 Å². The van der Waals surface area contributed by atoms with Crippen molar-refractivity contribution in [3.05, 3.63) is 40.5 Å². The van der Waals surface area contributed by atoms with Crippen LogP contribution < -0.4 is 4.74 Å². The molecule has 0 unspecified atom stereocenters. The van der Waals surface area contributed by atoms with Gasteiger partial charge in [0.1, 0.15) is 5.75 Å². The third kappa shape index (κ3) is 3.08. The number of thiazole rings is 1. The number of aromatic amines is 1. The molecule has 2 aliphatic heterocycles. The summed E-state index contributed by atoms with van der Waals surface area (Å²) < 4.78 is 5.97. The molecule has 144 valence electrons. The zero-order chi connectivity index (χ0) is 19.1. The van der Waals surface area contributed by atoms with Gasteiger partial charge in [-0.15, -0.1) is 11.3 Å². The van der Waals surface area contributed by atoms with Crippen molar-refractivity contribution < 1.29 is 14.6 Å². The minimum Gasteiger partial charge on any atom is -0.492 e. The number of likely N-dealkylation sites (tertiary alicyclic amines) is 1. The Morgan fingerprint density at radius 2 is 2.14 bits per heavy atom. The van der Waals surface area contributed by atoms with Crippen LogP contribution in [-0.4, -0.2) is 56.9 Å². The first kappa shape index (κ1) is 17.4. The Balaban J connectivity index is 1.47. The largest absolute Gasteiger partial charge is 0.492 e. The van der Waals surface area contributed by atoms with Gasteiger partial charge in [0.15, 0.2) is 5.01 Å². The fraction of sp³-hybridized carbons (Fsp3) is 0.350. The number of H-pyrrole nitrogens is 1. The zero-order valence-corrected chi connectivity index (χ0v) is 16.0. The van der Waals surface area contributed by atoms with Crippen molar-refractivity contribution in [2.75, 3.05) is 19.7 Å². The summed E-state index contributed by atoms with van der Waals surface area (Å²) >= 11 is 1.46. The van der Waals surface area contributed by atoms with E-state index in [-0.39, 0.29) is 12.0 Å². The molecule has 1 fully saturated rings. The summed E-state index contributed by atoms with van der Waals surface area (Å²) in [5.74, 6) is 0.741. The summed E-state index contributed by atoms with van der Waals surface area (Å²) in [6.07, 6.45) is 5.31. The van der Waals surface area contributed by atoms with Crippen molar-refractivity contribution in [1.29, 1.82) is 0 Å². The van der Waals surface area contributed by atoms with E-state index in [9.17, 15) is 9.90 Å². The lowest BCUT2D eigenvalue weighted by atomic mass is 10.0. The van der Waals surface area contributed by atoms with Crippen LogP contribution in [0.5, 0.6) is 5.75 Å². The molecule has 0 radical (unpaired) electrons. The molecule has 1 saturated heterocycles. The van der Waals surface area contributed by atoms with Gasteiger partial charge in [-0.05, 0) is 30.5 Å². The van der Waals surface area contributed by atoms with E-state index >= 15 is 0 Å². The molecule has 2 aromatic heterocycles. The van der Waals surface area contributed by atoms with E-state index in [1.54, 1.807) is 11.1 Å². The molecule has 0 aliphatic carbocycles. The number of rotatable bonds is 2. The highest BCUT2D eigenvalue weighted by molar-refractivity contribution is 7.14. The molecular formula is C20H20N4O3S. The monoisotopic (exact) mass is 396 g/mol. The average Bonchev–Trinajstić information content (AvgIpc) is 3.36. The summed E-state index contributed by atoms with van der Waals surface area (Å²) in [4.78, 5) is 20.5. The van der Waals surface area contributed by atoms with Gasteiger partial charge < -0.3 is 14.7 Å². The SMILES string of the molecule is O=C(c1nc2c(s1)CCOc1cc(-c3cn[nH]c3)ccc1-2)N1CCC(O)CC1. The van der Waals surface area contributed by atoms with Crippen molar-refractivity contribution in [2.24, 2.45) is 0 Å². The number of nitrogens with zero attached hydrogens (tertiary/aromatic N) is 3. The summed E-state index contributed by atoms with van der Waals surface area (Å²) in [5, 5.41) is 17.0. The van der Waals surface area contributed by atoms with Crippen molar-refractivity contribution in [3.63, 3.8) is 0 Å². The van der Waals surface area contributed by atoms with Crippen molar-refractivity contribution in [2.45, 2.75) is 25.4 Å². The second kappa shape index (κ2) is 7.03. The van der Waals surface area contributed by atoms with Crippen LogP contribution in [0.3, 0.4) is 0 Å². The minimum absolute atomic E-state index is 0.0394. The quantitative estimate of drug-likeness (QED) is 0.695. The van der Waals surface area contributed by atoms with Crippen LogP contribution in [0, 0.1) is 0 Å². The maximum Gasteiger partial charge on any atom is 0.282 e. The standard InChI is InChI=1S/C20H20N4O3S/c25-14-3-6-24(7-4-14)20(26)19-23-18-15-2-1-12(13-10-21-22-11-13)9-16(15)27-8-5-17(18)28-19/h1-2,9-11,14,25H,3-8H2,(H,21,22). The number of aliphatic hydroxyl groups excluding tert-OH is 1. The lowest BCUT2D eigenvalue weighted by Gasteiger charge is -2.28. The Morgan fingerprint density at radius 3 is 2.93 bits per heavy atom. The Morgan fingerprint density at radius 1 is 1.29 bits per heavy atom. The van der Waals surface area contributed by atoms with E-state index in [1.807, 2.05) is 24.4 Å². The first-order valence-electron chi connectivity index (χ1n) is 9.42. The van der Waals surface area contributed by atoms with Crippen LogP contribution >= 0.6 is 11.3 Å². The first-order chi connectivity index (χ1) is 13.7. The second-order valence-corrected chi connectivity index (χ2v) is 8.19. The lowest BCUT2D eigenvalue weighted by molar-refractivity contribution is 0.0546. The topological polar surface area (TPSA) is 91.3 Å². The minimum atomic E-state index is -0.300. The number of fused-ring (bicyclic) bond motifs is 3. The number of aromatic nitrogens is 3. The molecule has 2 N–H and O–H groups in total. The summed E-state index contributed by atoms with van der Waals surface area (Å²) in [6.45, 7) is 1.72. The van der Waals surface area contributed by atoms with E-state index in [0.29, 0.717) is 37.5 Å². The third-order valence-electron chi connectivity index (χ3n) is 5.29. The Bertz CT molecular complexity index is 1010. The number of hydrogen-bond acceptors (Lipinski definition) is 6.